The molecule has 0 heterocycles. The van der Waals surface area contributed by atoms with Crippen molar-refractivity contribution < 1.29 is 24.7 Å². The predicted octanol–water partition coefficient (Wildman–Crippen LogP) is 0.938. The SMILES string of the molecule is NC(CSCc1ccc([N+](=O)[O-])c(C(=O)O)c1)C(=O)O. The highest BCUT2D eigenvalue weighted by atomic mass is 32.2. The smallest absolute Gasteiger partial charge is 0.342 e. The van der Waals surface area contributed by atoms with Crippen molar-refractivity contribution in [1.29, 1.82) is 0 Å². The average Bonchev–Trinajstić information content (AvgIpc) is 2.37. The number of nitrogens with two attached hydrogens (primary N) is 1. The Kier molecular flexibility index (Phi) is 5.47. The minimum atomic E-state index is -1.38. The predicted molar refractivity (Wildman–Crippen MR) is 71.8 cm³/mol. The van der Waals surface area contributed by atoms with E-state index in [-0.39, 0.29) is 5.75 Å². The normalized spacial score (nSPS) is 11.8. The Labute approximate surface area is 117 Å². The molecule has 4 N–H and O–H groups in total. The summed E-state index contributed by atoms with van der Waals surface area (Å²) in [6, 6.07) is 2.76. The fourth-order valence-corrected chi connectivity index (χ4v) is 2.31. The van der Waals surface area contributed by atoms with Crippen molar-refractivity contribution in [3.05, 3.63) is 39.4 Å². The molecule has 1 aromatic rings. The van der Waals surface area contributed by atoms with Gasteiger partial charge in [-0.15, -0.1) is 0 Å². The van der Waals surface area contributed by atoms with E-state index < -0.39 is 34.2 Å². The minimum absolute atomic E-state index is 0.161. The molecule has 0 spiro atoms. The first kappa shape index (κ1) is 15.9. The van der Waals surface area contributed by atoms with Gasteiger partial charge in [0.05, 0.1) is 4.92 Å². The van der Waals surface area contributed by atoms with E-state index in [0.717, 1.165) is 6.07 Å². The van der Waals surface area contributed by atoms with E-state index in [1.807, 2.05) is 0 Å². The Bertz CT molecular complexity index is 548. The molecule has 0 fully saturated rings. The summed E-state index contributed by atoms with van der Waals surface area (Å²) in [4.78, 5) is 31.4. The zero-order valence-corrected chi connectivity index (χ0v) is 11.0. The van der Waals surface area contributed by atoms with Crippen LogP contribution in [0.5, 0.6) is 0 Å². The van der Waals surface area contributed by atoms with Crippen molar-refractivity contribution in [2.75, 3.05) is 5.75 Å². The van der Waals surface area contributed by atoms with Gasteiger partial charge in [-0.25, -0.2) is 4.79 Å². The molecule has 0 aliphatic rings. The number of hydrogen-bond acceptors (Lipinski definition) is 6. The standard InChI is InChI=1S/C11H12N2O6S/c12-8(11(16)17)5-20-4-6-1-2-9(13(18)19)7(3-6)10(14)15/h1-3,8H,4-5,12H2,(H,14,15)(H,16,17). The Morgan fingerprint density at radius 1 is 1.40 bits per heavy atom. The number of aliphatic carboxylic acids is 1. The molecule has 0 aliphatic heterocycles. The van der Waals surface area contributed by atoms with Crippen LogP contribution in [0.1, 0.15) is 15.9 Å². The van der Waals surface area contributed by atoms with Crippen LogP contribution in [0.25, 0.3) is 0 Å². The fraction of sp³-hybridized carbons (Fsp3) is 0.273. The number of nitro benzene ring substituents is 1. The van der Waals surface area contributed by atoms with Gasteiger partial charge in [0.2, 0.25) is 0 Å². The Balaban J connectivity index is 2.78. The summed E-state index contributed by atoms with van der Waals surface area (Å²) >= 11 is 1.21. The molecule has 0 saturated heterocycles. The highest BCUT2D eigenvalue weighted by Crippen LogP contribution is 2.22. The van der Waals surface area contributed by atoms with Crippen LogP contribution in [0.15, 0.2) is 18.2 Å². The van der Waals surface area contributed by atoms with Crippen molar-refractivity contribution in [3.63, 3.8) is 0 Å². The first-order valence-electron chi connectivity index (χ1n) is 5.39. The highest BCUT2D eigenvalue weighted by molar-refractivity contribution is 7.98. The minimum Gasteiger partial charge on any atom is -0.480 e. The van der Waals surface area contributed by atoms with Crippen molar-refractivity contribution in [3.8, 4) is 0 Å². The third kappa shape index (κ3) is 4.21. The average molecular weight is 300 g/mol. The molecule has 1 atom stereocenters. The van der Waals surface area contributed by atoms with E-state index in [1.54, 1.807) is 0 Å². The lowest BCUT2D eigenvalue weighted by molar-refractivity contribution is -0.385. The van der Waals surface area contributed by atoms with Crippen LogP contribution in [0.2, 0.25) is 0 Å². The molecule has 0 saturated carbocycles. The van der Waals surface area contributed by atoms with Crippen molar-refractivity contribution in [2.24, 2.45) is 5.73 Å². The molecule has 0 aliphatic carbocycles. The molecule has 0 bridgehead atoms. The third-order valence-electron chi connectivity index (χ3n) is 2.37. The Hall–Kier alpha value is -2.13. The number of benzene rings is 1. The van der Waals surface area contributed by atoms with Crippen LogP contribution in [-0.4, -0.2) is 38.9 Å². The largest absolute Gasteiger partial charge is 0.480 e. The van der Waals surface area contributed by atoms with Gasteiger partial charge >= 0.3 is 11.9 Å². The van der Waals surface area contributed by atoms with Gasteiger partial charge in [0.25, 0.3) is 5.69 Å². The number of thioether (sulfide) groups is 1. The summed E-state index contributed by atoms with van der Waals surface area (Å²) in [6.07, 6.45) is 0. The van der Waals surface area contributed by atoms with Gasteiger partial charge < -0.3 is 15.9 Å². The van der Waals surface area contributed by atoms with Crippen molar-refractivity contribution in [2.45, 2.75) is 11.8 Å². The van der Waals surface area contributed by atoms with Crippen molar-refractivity contribution in [1.82, 2.24) is 0 Å². The first-order valence-corrected chi connectivity index (χ1v) is 6.55. The number of rotatable bonds is 7. The van der Waals surface area contributed by atoms with Crippen molar-refractivity contribution >= 4 is 29.4 Å². The second-order valence-corrected chi connectivity index (χ2v) is 4.90. The molecular formula is C11H12N2O6S. The number of aromatic carboxylic acids is 1. The zero-order chi connectivity index (χ0) is 15.3. The van der Waals surface area contributed by atoms with Crippen LogP contribution < -0.4 is 5.73 Å². The molecular weight excluding hydrogens is 288 g/mol. The summed E-state index contributed by atoms with van der Waals surface area (Å²) in [5.41, 5.74) is 5.00. The van der Waals surface area contributed by atoms with Gasteiger partial charge in [-0.1, -0.05) is 6.07 Å². The fourth-order valence-electron chi connectivity index (χ4n) is 1.38. The molecule has 20 heavy (non-hydrogen) atoms. The maximum atomic E-state index is 10.9. The zero-order valence-electron chi connectivity index (χ0n) is 10.2. The van der Waals surface area contributed by atoms with Crippen LogP contribution in [0.4, 0.5) is 5.69 Å². The molecule has 0 amide bonds. The van der Waals surface area contributed by atoms with Gasteiger partial charge in [-0.05, 0) is 11.6 Å². The number of nitro groups is 1. The lowest BCUT2D eigenvalue weighted by Crippen LogP contribution is -2.32. The maximum absolute atomic E-state index is 10.9. The topological polar surface area (TPSA) is 144 Å². The Morgan fingerprint density at radius 2 is 2.05 bits per heavy atom. The summed E-state index contributed by atoms with van der Waals surface area (Å²) in [5, 5.41) is 28.2. The number of carboxylic acid groups (broad SMARTS) is 2. The number of hydrogen-bond donors (Lipinski definition) is 3. The summed E-state index contributed by atoms with van der Waals surface area (Å²) in [7, 11) is 0. The van der Waals surface area contributed by atoms with Gasteiger partial charge in [0.1, 0.15) is 11.6 Å². The highest BCUT2D eigenvalue weighted by Gasteiger charge is 2.20. The quantitative estimate of drug-likeness (QED) is 0.498. The Morgan fingerprint density at radius 3 is 2.55 bits per heavy atom. The lowest BCUT2D eigenvalue weighted by Gasteiger charge is -2.06. The molecule has 9 heteroatoms. The van der Waals surface area contributed by atoms with E-state index in [1.165, 1.54) is 23.9 Å². The third-order valence-corrected chi connectivity index (χ3v) is 3.50. The number of carboxylic acids is 2. The first-order chi connectivity index (χ1) is 9.32. The van der Waals surface area contributed by atoms with Crippen LogP contribution >= 0.6 is 11.8 Å². The molecule has 1 aromatic carbocycles. The number of carbonyl (C=O) groups is 2. The van der Waals surface area contributed by atoms with E-state index in [9.17, 15) is 19.7 Å². The summed E-state index contributed by atoms with van der Waals surface area (Å²) < 4.78 is 0. The maximum Gasteiger partial charge on any atom is 0.342 e. The van der Waals surface area contributed by atoms with Gasteiger partial charge in [-0.3, -0.25) is 14.9 Å². The van der Waals surface area contributed by atoms with E-state index in [0.29, 0.717) is 11.3 Å². The van der Waals surface area contributed by atoms with Crippen LogP contribution in [-0.2, 0) is 10.5 Å². The lowest BCUT2D eigenvalue weighted by atomic mass is 10.1. The van der Waals surface area contributed by atoms with Gasteiger partial charge in [-0.2, -0.15) is 11.8 Å². The van der Waals surface area contributed by atoms with E-state index >= 15 is 0 Å². The number of nitrogens with zero attached hydrogens (tertiary/aromatic N) is 1. The monoisotopic (exact) mass is 300 g/mol. The summed E-state index contributed by atoms with van der Waals surface area (Å²) in [5.74, 6) is -2.02. The second-order valence-electron chi connectivity index (χ2n) is 3.87. The molecule has 0 aromatic heterocycles. The molecule has 108 valence electrons. The second kappa shape index (κ2) is 6.87. The summed E-state index contributed by atoms with van der Waals surface area (Å²) in [6.45, 7) is 0. The van der Waals surface area contributed by atoms with E-state index in [4.69, 9.17) is 15.9 Å². The molecule has 0 radical (unpaired) electrons. The van der Waals surface area contributed by atoms with Crippen LogP contribution in [0.3, 0.4) is 0 Å². The van der Waals surface area contributed by atoms with Gasteiger partial charge in [0.15, 0.2) is 0 Å². The van der Waals surface area contributed by atoms with Gasteiger partial charge in [0, 0.05) is 17.6 Å². The molecule has 8 nitrogen and oxygen atoms in total. The van der Waals surface area contributed by atoms with E-state index in [2.05, 4.69) is 0 Å². The molecule has 1 unspecified atom stereocenters. The van der Waals surface area contributed by atoms with Crippen LogP contribution in [0, 0.1) is 10.1 Å². The molecule has 1 rings (SSSR count).